The highest BCUT2D eigenvalue weighted by atomic mass is 16.2. The van der Waals surface area contributed by atoms with Crippen LogP contribution in [0.3, 0.4) is 0 Å². The van der Waals surface area contributed by atoms with Crippen LogP contribution in [-0.4, -0.2) is 36.0 Å². The Labute approximate surface area is 121 Å². The molecule has 0 aliphatic rings. The number of nitrogens with one attached hydrogen (secondary N) is 2. The molecule has 0 aromatic carbocycles. The Morgan fingerprint density at radius 2 is 1.10 bits per heavy atom. The van der Waals surface area contributed by atoms with Gasteiger partial charge in [-0.05, 0) is 40.5 Å². The lowest BCUT2D eigenvalue weighted by Crippen LogP contribution is -2.43. The van der Waals surface area contributed by atoms with Crippen molar-refractivity contribution in [1.82, 2.24) is 10.6 Å². The topological polar surface area (TPSA) is 82.9 Å². The molecule has 0 aromatic rings. The third kappa shape index (κ3) is 6.12. The lowest BCUT2D eigenvalue weighted by molar-refractivity contribution is -0.127. The van der Waals surface area contributed by atoms with E-state index in [1.807, 2.05) is 13.8 Å². The SMILES string of the molecule is CCCNC(=O)C(C)(C)N=NC(C)(C)C(=O)NCCC. The fourth-order valence-corrected chi connectivity index (χ4v) is 1.25. The predicted molar refractivity (Wildman–Crippen MR) is 79.6 cm³/mol. The van der Waals surface area contributed by atoms with Crippen molar-refractivity contribution in [2.75, 3.05) is 13.1 Å². The summed E-state index contributed by atoms with van der Waals surface area (Å²) in [6, 6.07) is 0. The summed E-state index contributed by atoms with van der Waals surface area (Å²) in [5.41, 5.74) is -1.95. The van der Waals surface area contributed by atoms with E-state index in [1.54, 1.807) is 27.7 Å². The molecule has 0 heterocycles. The van der Waals surface area contributed by atoms with E-state index in [2.05, 4.69) is 20.9 Å². The smallest absolute Gasteiger partial charge is 0.249 e. The summed E-state index contributed by atoms with van der Waals surface area (Å²) < 4.78 is 0. The fourth-order valence-electron chi connectivity index (χ4n) is 1.25. The Balaban J connectivity index is 4.72. The van der Waals surface area contributed by atoms with E-state index in [0.29, 0.717) is 13.1 Å². The summed E-state index contributed by atoms with van der Waals surface area (Å²) in [4.78, 5) is 23.8. The quantitative estimate of drug-likeness (QED) is 0.669. The van der Waals surface area contributed by atoms with Gasteiger partial charge in [0.25, 0.3) is 0 Å². The molecule has 0 aliphatic carbocycles. The van der Waals surface area contributed by atoms with Crippen LogP contribution < -0.4 is 10.6 Å². The number of amides is 2. The number of carbonyl (C=O) groups is 2. The van der Waals surface area contributed by atoms with Crippen LogP contribution >= 0.6 is 0 Å². The van der Waals surface area contributed by atoms with Crippen molar-refractivity contribution < 1.29 is 9.59 Å². The van der Waals surface area contributed by atoms with Crippen molar-refractivity contribution in [3.63, 3.8) is 0 Å². The first-order valence-electron chi connectivity index (χ1n) is 7.18. The Kier molecular flexibility index (Phi) is 7.39. The molecule has 20 heavy (non-hydrogen) atoms. The second kappa shape index (κ2) is 7.97. The first-order valence-corrected chi connectivity index (χ1v) is 7.18. The van der Waals surface area contributed by atoms with Gasteiger partial charge in [-0.2, -0.15) is 10.2 Å². The highest BCUT2D eigenvalue weighted by molar-refractivity contribution is 5.86. The molecule has 0 spiro atoms. The Morgan fingerprint density at radius 1 is 0.800 bits per heavy atom. The minimum Gasteiger partial charge on any atom is -0.354 e. The van der Waals surface area contributed by atoms with E-state index in [9.17, 15) is 9.59 Å². The highest BCUT2D eigenvalue weighted by Gasteiger charge is 2.31. The fraction of sp³-hybridized carbons (Fsp3) is 0.857. The maximum absolute atomic E-state index is 11.9. The molecule has 0 saturated carbocycles. The number of carbonyl (C=O) groups excluding carboxylic acids is 2. The molecular formula is C14H28N4O2. The van der Waals surface area contributed by atoms with Crippen LogP contribution in [0, 0.1) is 0 Å². The minimum atomic E-state index is -0.975. The van der Waals surface area contributed by atoms with Gasteiger partial charge in [-0.25, -0.2) is 0 Å². The minimum absolute atomic E-state index is 0.187. The van der Waals surface area contributed by atoms with Gasteiger partial charge in [0.2, 0.25) is 11.8 Å². The van der Waals surface area contributed by atoms with E-state index < -0.39 is 11.1 Å². The molecule has 6 nitrogen and oxygen atoms in total. The summed E-state index contributed by atoms with van der Waals surface area (Å²) in [5.74, 6) is -0.374. The number of azo groups is 1. The van der Waals surface area contributed by atoms with Crippen LogP contribution in [0.5, 0.6) is 0 Å². The molecule has 0 aromatic heterocycles. The molecule has 0 bridgehead atoms. The van der Waals surface area contributed by atoms with Crippen molar-refractivity contribution in [1.29, 1.82) is 0 Å². The lowest BCUT2D eigenvalue weighted by Gasteiger charge is -2.22. The van der Waals surface area contributed by atoms with Crippen molar-refractivity contribution in [3.05, 3.63) is 0 Å². The second-order valence-electron chi connectivity index (χ2n) is 5.83. The summed E-state index contributed by atoms with van der Waals surface area (Å²) in [7, 11) is 0. The van der Waals surface area contributed by atoms with E-state index >= 15 is 0 Å². The number of hydrogen-bond acceptors (Lipinski definition) is 4. The summed E-state index contributed by atoms with van der Waals surface area (Å²) in [6.07, 6.45) is 1.73. The molecule has 0 atom stereocenters. The van der Waals surface area contributed by atoms with Crippen molar-refractivity contribution >= 4 is 11.8 Å². The predicted octanol–water partition coefficient (Wildman–Crippen LogP) is 2.05. The van der Waals surface area contributed by atoms with Gasteiger partial charge in [0.05, 0.1) is 0 Å². The van der Waals surface area contributed by atoms with Crippen LogP contribution in [-0.2, 0) is 9.59 Å². The van der Waals surface area contributed by atoms with Gasteiger partial charge in [0, 0.05) is 13.1 Å². The monoisotopic (exact) mass is 284 g/mol. The maximum atomic E-state index is 11.9. The van der Waals surface area contributed by atoms with Crippen molar-refractivity contribution in [2.24, 2.45) is 10.2 Å². The third-order valence-electron chi connectivity index (χ3n) is 2.73. The zero-order chi connectivity index (χ0) is 15.8. The molecule has 2 N–H and O–H groups in total. The lowest BCUT2D eigenvalue weighted by atomic mass is 10.0. The average molecular weight is 284 g/mol. The number of rotatable bonds is 8. The normalized spacial score (nSPS) is 12.5. The summed E-state index contributed by atoms with van der Waals surface area (Å²) in [5, 5.41) is 13.7. The van der Waals surface area contributed by atoms with Gasteiger partial charge in [-0.15, -0.1) is 0 Å². The molecule has 0 radical (unpaired) electrons. The van der Waals surface area contributed by atoms with Gasteiger partial charge < -0.3 is 10.6 Å². The van der Waals surface area contributed by atoms with Crippen LogP contribution in [0.25, 0.3) is 0 Å². The third-order valence-corrected chi connectivity index (χ3v) is 2.73. The number of nitrogens with zero attached hydrogens (tertiary/aromatic N) is 2. The average Bonchev–Trinajstić information content (AvgIpc) is 2.39. The highest BCUT2D eigenvalue weighted by Crippen LogP contribution is 2.16. The molecule has 0 aliphatic heterocycles. The Morgan fingerprint density at radius 3 is 1.35 bits per heavy atom. The first kappa shape index (κ1) is 18.5. The van der Waals surface area contributed by atoms with E-state index in [4.69, 9.17) is 0 Å². The Hall–Kier alpha value is -1.46. The van der Waals surface area contributed by atoms with Crippen molar-refractivity contribution in [3.8, 4) is 0 Å². The zero-order valence-electron chi connectivity index (χ0n) is 13.5. The molecular weight excluding hydrogens is 256 g/mol. The zero-order valence-corrected chi connectivity index (χ0v) is 13.5. The van der Waals surface area contributed by atoms with E-state index in [0.717, 1.165) is 12.8 Å². The molecule has 0 unspecified atom stereocenters. The molecule has 0 saturated heterocycles. The van der Waals surface area contributed by atoms with E-state index in [-0.39, 0.29) is 11.8 Å². The van der Waals surface area contributed by atoms with Crippen molar-refractivity contribution in [2.45, 2.75) is 65.5 Å². The standard InChI is InChI=1S/C14H28N4O2/c1-7-9-15-11(19)13(3,4)17-18-14(5,6)12(20)16-10-8-2/h7-10H2,1-6H3,(H,15,19)(H,16,20). The largest absolute Gasteiger partial charge is 0.354 e. The van der Waals surface area contributed by atoms with Crippen LogP contribution in [0.2, 0.25) is 0 Å². The van der Waals surface area contributed by atoms with Gasteiger partial charge in [0.1, 0.15) is 0 Å². The molecule has 2 amide bonds. The Bertz CT molecular complexity index is 328. The molecule has 116 valence electrons. The molecule has 6 heteroatoms. The van der Waals surface area contributed by atoms with Gasteiger partial charge >= 0.3 is 0 Å². The number of hydrogen-bond donors (Lipinski definition) is 2. The van der Waals surface area contributed by atoms with Crippen LogP contribution in [0.4, 0.5) is 0 Å². The second-order valence-corrected chi connectivity index (χ2v) is 5.83. The first-order chi connectivity index (χ1) is 9.17. The molecule has 0 rings (SSSR count). The van der Waals surface area contributed by atoms with Gasteiger partial charge in [0.15, 0.2) is 11.1 Å². The molecule has 0 fully saturated rings. The summed E-state index contributed by atoms with van der Waals surface area (Å²) >= 11 is 0. The van der Waals surface area contributed by atoms with Gasteiger partial charge in [-0.3, -0.25) is 9.59 Å². The van der Waals surface area contributed by atoms with Crippen LogP contribution in [0.1, 0.15) is 54.4 Å². The van der Waals surface area contributed by atoms with E-state index in [1.165, 1.54) is 0 Å². The van der Waals surface area contributed by atoms with Gasteiger partial charge in [-0.1, -0.05) is 13.8 Å². The summed E-state index contributed by atoms with van der Waals surface area (Å²) in [6.45, 7) is 11.9. The van der Waals surface area contributed by atoms with Crippen LogP contribution in [0.15, 0.2) is 10.2 Å². The maximum Gasteiger partial charge on any atom is 0.249 e.